The van der Waals surface area contributed by atoms with E-state index in [9.17, 15) is 14.7 Å². The molecule has 1 saturated heterocycles. The van der Waals surface area contributed by atoms with Gasteiger partial charge in [0.1, 0.15) is 11.5 Å². The molecule has 3 fully saturated rings. The van der Waals surface area contributed by atoms with Gasteiger partial charge in [-0.2, -0.15) is 0 Å². The van der Waals surface area contributed by atoms with Gasteiger partial charge in [0.25, 0.3) is 5.91 Å². The minimum atomic E-state index is -0.716. The summed E-state index contributed by atoms with van der Waals surface area (Å²) >= 11 is 0. The number of nitrogens with zero attached hydrogens (tertiary/aromatic N) is 3. The predicted octanol–water partition coefficient (Wildman–Crippen LogP) is 2.07. The number of hydrogen-bond donors (Lipinski definition) is 1. The number of carbonyl (C=O) groups excluding carboxylic acids is 1. The highest BCUT2D eigenvalue weighted by Crippen LogP contribution is 2.41. The third kappa shape index (κ3) is 2.60. The largest absolute Gasteiger partial charge is 0.481 e. The van der Waals surface area contributed by atoms with Crippen molar-refractivity contribution in [2.45, 2.75) is 50.5 Å². The number of likely N-dealkylation sites (tertiary alicyclic amines) is 1. The molecule has 3 atom stereocenters. The highest BCUT2D eigenvalue weighted by molar-refractivity contribution is 5.92. The van der Waals surface area contributed by atoms with E-state index in [4.69, 9.17) is 0 Å². The molecule has 23 heavy (non-hydrogen) atoms. The van der Waals surface area contributed by atoms with E-state index in [1.54, 1.807) is 12.3 Å². The van der Waals surface area contributed by atoms with Crippen molar-refractivity contribution in [3.63, 3.8) is 0 Å². The van der Waals surface area contributed by atoms with Crippen LogP contribution in [0.3, 0.4) is 0 Å². The molecule has 6 heteroatoms. The van der Waals surface area contributed by atoms with E-state index in [0.29, 0.717) is 24.6 Å². The summed E-state index contributed by atoms with van der Waals surface area (Å²) in [7, 11) is 0. The van der Waals surface area contributed by atoms with Crippen molar-refractivity contribution in [3.8, 4) is 0 Å². The van der Waals surface area contributed by atoms with Crippen LogP contribution in [-0.2, 0) is 4.79 Å². The van der Waals surface area contributed by atoms with Gasteiger partial charge in [0.2, 0.25) is 0 Å². The molecule has 0 bridgehead atoms. The van der Waals surface area contributed by atoms with Crippen LogP contribution in [0.2, 0.25) is 0 Å². The average Bonchev–Trinajstić information content (AvgIpc) is 3.30. The summed E-state index contributed by atoms with van der Waals surface area (Å²) in [4.78, 5) is 35.0. The van der Waals surface area contributed by atoms with Gasteiger partial charge < -0.3 is 10.0 Å². The second-order valence-corrected chi connectivity index (χ2v) is 6.97. The fourth-order valence-electron chi connectivity index (χ4n) is 4.22. The van der Waals surface area contributed by atoms with E-state index in [2.05, 4.69) is 9.97 Å². The maximum Gasteiger partial charge on any atom is 0.306 e. The van der Waals surface area contributed by atoms with Gasteiger partial charge in [0, 0.05) is 24.7 Å². The molecule has 3 unspecified atom stereocenters. The van der Waals surface area contributed by atoms with Gasteiger partial charge in [0.15, 0.2) is 0 Å². The molecule has 1 amide bonds. The molecular formula is C17H21N3O3. The smallest absolute Gasteiger partial charge is 0.306 e. The minimum Gasteiger partial charge on any atom is -0.481 e. The van der Waals surface area contributed by atoms with E-state index in [1.165, 1.54) is 0 Å². The molecule has 6 nitrogen and oxygen atoms in total. The molecule has 3 aliphatic rings. The number of piperidine rings is 1. The van der Waals surface area contributed by atoms with Crippen molar-refractivity contribution in [1.29, 1.82) is 0 Å². The number of aliphatic carboxylic acids is 1. The lowest BCUT2D eigenvalue weighted by Gasteiger charge is -2.40. The van der Waals surface area contributed by atoms with Gasteiger partial charge in [-0.25, -0.2) is 9.97 Å². The lowest BCUT2D eigenvalue weighted by Crippen LogP contribution is -2.51. The average molecular weight is 315 g/mol. The first kappa shape index (κ1) is 14.6. The summed E-state index contributed by atoms with van der Waals surface area (Å²) in [5.74, 6) is 0.204. The van der Waals surface area contributed by atoms with E-state index in [-0.39, 0.29) is 23.8 Å². The first-order chi connectivity index (χ1) is 11.1. The molecule has 2 heterocycles. The molecule has 0 radical (unpaired) electrons. The molecular weight excluding hydrogens is 294 g/mol. The highest BCUT2D eigenvalue weighted by Gasteiger charge is 2.45. The summed E-state index contributed by atoms with van der Waals surface area (Å²) in [5.41, 5.74) is 0.460. The van der Waals surface area contributed by atoms with Crippen molar-refractivity contribution in [2.75, 3.05) is 6.54 Å². The van der Waals surface area contributed by atoms with Crippen molar-refractivity contribution in [1.82, 2.24) is 14.9 Å². The lowest BCUT2D eigenvalue weighted by atomic mass is 9.81. The Labute approximate surface area is 134 Å². The van der Waals surface area contributed by atoms with Crippen LogP contribution in [0, 0.1) is 11.8 Å². The van der Waals surface area contributed by atoms with Crippen LogP contribution in [0.5, 0.6) is 0 Å². The molecule has 1 aliphatic heterocycles. The summed E-state index contributed by atoms with van der Waals surface area (Å²) in [6.07, 6.45) is 7.23. The zero-order chi connectivity index (χ0) is 16.0. The Bertz CT molecular complexity index is 644. The highest BCUT2D eigenvalue weighted by atomic mass is 16.4. The van der Waals surface area contributed by atoms with Crippen LogP contribution in [0.4, 0.5) is 0 Å². The fraction of sp³-hybridized carbons (Fsp3) is 0.647. The third-order valence-electron chi connectivity index (χ3n) is 5.54. The van der Waals surface area contributed by atoms with Crippen LogP contribution in [0.1, 0.15) is 60.8 Å². The Balaban J connectivity index is 1.56. The topological polar surface area (TPSA) is 83.4 Å². The van der Waals surface area contributed by atoms with E-state index < -0.39 is 5.97 Å². The Morgan fingerprint density at radius 1 is 1.17 bits per heavy atom. The fourth-order valence-corrected chi connectivity index (χ4v) is 4.22. The molecule has 1 aromatic rings. The Morgan fingerprint density at radius 2 is 2.00 bits per heavy atom. The summed E-state index contributed by atoms with van der Waals surface area (Å²) < 4.78 is 0. The zero-order valence-corrected chi connectivity index (χ0v) is 13.0. The van der Waals surface area contributed by atoms with Gasteiger partial charge >= 0.3 is 5.97 Å². The normalized spacial score (nSPS) is 30.1. The monoisotopic (exact) mass is 315 g/mol. The molecule has 1 N–H and O–H groups in total. The Hall–Kier alpha value is -1.98. The van der Waals surface area contributed by atoms with Gasteiger partial charge in [-0.3, -0.25) is 9.59 Å². The summed E-state index contributed by atoms with van der Waals surface area (Å²) in [5, 5.41) is 9.41. The zero-order valence-electron chi connectivity index (χ0n) is 13.0. The molecule has 2 saturated carbocycles. The van der Waals surface area contributed by atoms with Crippen LogP contribution < -0.4 is 0 Å². The van der Waals surface area contributed by atoms with Crippen molar-refractivity contribution >= 4 is 11.9 Å². The molecule has 122 valence electrons. The SMILES string of the molecule is O=C(O)C1CCN(C(=O)c2ccnc(C3CC3)n2)C2CCCC12. The summed E-state index contributed by atoms with van der Waals surface area (Å²) in [6, 6.07) is 1.73. The van der Waals surface area contributed by atoms with E-state index in [1.807, 2.05) is 4.90 Å². The number of aromatic nitrogens is 2. The number of carbonyl (C=O) groups is 2. The number of hydrogen-bond acceptors (Lipinski definition) is 4. The Kier molecular flexibility index (Phi) is 3.54. The standard InChI is InChI=1S/C17H21N3O3/c21-16(13-6-8-18-15(19-13)10-4-5-10)20-9-7-12(17(22)23)11-2-1-3-14(11)20/h6,8,10-12,14H,1-5,7,9H2,(H,22,23). The maximum atomic E-state index is 12.9. The second kappa shape index (κ2) is 5.58. The van der Waals surface area contributed by atoms with Crippen LogP contribution in [0.25, 0.3) is 0 Å². The predicted molar refractivity (Wildman–Crippen MR) is 81.9 cm³/mol. The van der Waals surface area contributed by atoms with Crippen LogP contribution in [-0.4, -0.2) is 44.4 Å². The quantitative estimate of drug-likeness (QED) is 0.923. The molecule has 0 aromatic carbocycles. The third-order valence-corrected chi connectivity index (χ3v) is 5.54. The maximum absolute atomic E-state index is 12.9. The number of carboxylic acid groups (broad SMARTS) is 1. The lowest BCUT2D eigenvalue weighted by molar-refractivity contribution is -0.146. The first-order valence-corrected chi connectivity index (χ1v) is 8.52. The second-order valence-electron chi connectivity index (χ2n) is 6.97. The van der Waals surface area contributed by atoms with E-state index >= 15 is 0 Å². The van der Waals surface area contributed by atoms with Crippen molar-refractivity contribution in [2.24, 2.45) is 11.8 Å². The van der Waals surface area contributed by atoms with Gasteiger partial charge in [-0.15, -0.1) is 0 Å². The van der Waals surface area contributed by atoms with Crippen LogP contribution in [0.15, 0.2) is 12.3 Å². The number of fused-ring (bicyclic) bond motifs is 1. The molecule has 1 aromatic heterocycles. The van der Waals surface area contributed by atoms with Gasteiger partial charge in [-0.05, 0) is 44.1 Å². The van der Waals surface area contributed by atoms with Gasteiger partial charge in [-0.1, -0.05) is 6.42 Å². The summed E-state index contributed by atoms with van der Waals surface area (Å²) in [6.45, 7) is 0.514. The minimum absolute atomic E-state index is 0.0525. The number of carboxylic acids is 1. The Morgan fingerprint density at radius 3 is 2.74 bits per heavy atom. The number of amides is 1. The molecule has 0 spiro atoms. The first-order valence-electron chi connectivity index (χ1n) is 8.52. The van der Waals surface area contributed by atoms with Crippen LogP contribution >= 0.6 is 0 Å². The van der Waals surface area contributed by atoms with Crippen molar-refractivity contribution < 1.29 is 14.7 Å². The molecule has 2 aliphatic carbocycles. The van der Waals surface area contributed by atoms with Gasteiger partial charge in [0.05, 0.1) is 5.92 Å². The van der Waals surface area contributed by atoms with Crippen molar-refractivity contribution in [3.05, 3.63) is 23.8 Å². The number of rotatable bonds is 3. The van der Waals surface area contributed by atoms with E-state index in [0.717, 1.165) is 37.9 Å². The molecule has 4 rings (SSSR count).